The molecule has 10 rings (SSSR count). The molecule has 0 aliphatic heterocycles. The van der Waals surface area contributed by atoms with Gasteiger partial charge in [-0.05, 0) is 35.0 Å². The zero-order valence-electron chi connectivity index (χ0n) is 38.7. The van der Waals surface area contributed by atoms with Crippen LogP contribution in [0.25, 0.3) is 87.7 Å². The number of ketones is 1. The van der Waals surface area contributed by atoms with E-state index in [0.29, 0.717) is 33.5 Å². The van der Waals surface area contributed by atoms with Crippen molar-refractivity contribution in [3.8, 4) is 22.5 Å². The maximum Gasteiger partial charge on any atom is 0.416 e. The number of aromatic nitrogens is 4. The average molecular weight is 1120 g/mol. The van der Waals surface area contributed by atoms with Crippen molar-refractivity contribution < 1.29 is 56.3 Å². The van der Waals surface area contributed by atoms with Crippen LogP contribution in [-0.4, -0.2) is 30.8 Å². The van der Waals surface area contributed by atoms with Gasteiger partial charge in [-0.1, -0.05) is 136 Å². The molecule has 0 amide bonds. The van der Waals surface area contributed by atoms with Crippen molar-refractivity contribution >= 4 is 70.9 Å². The maximum absolute atomic E-state index is 12.8. The van der Waals surface area contributed by atoms with Crippen LogP contribution in [-0.2, 0) is 37.3 Å². The van der Waals surface area contributed by atoms with Gasteiger partial charge in [0.05, 0.1) is 33.5 Å². The Morgan fingerprint density at radius 2 is 0.843 bits per heavy atom. The SMILES string of the molecule is CC(C)(C)C(=O)/C=C(\O)C(C)(C)C.FC(F)(F)c1ccc(-c2cnc3c4[c-]cccc4c4ccccc4c3n2)cc1.FC(F)(F)c1ccc(-c2cnc3c4[c-]cccc4c4ccccc4c3n2)cc1.[Ir]. The summed E-state index contributed by atoms with van der Waals surface area (Å²) in [4.78, 5) is 30.2. The number of rotatable bonds is 3. The molecule has 10 aromatic rings. The summed E-state index contributed by atoms with van der Waals surface area (Å²) in [6.45, 7) is 11.1. The number of nitrogens with zero attached hydrogens (tertiary/aromatic N) is 4. The second-order valence-electron chi connectivity index (χ2n) is 18.5. The molecule has 0 fully saturated rings. The topological polar surface area (TPSA) is 88.9 Å². The molecule has 0 saturated carbocycles. The standard InChI is InChI=1S/2C23H12F3N2.C11H20O2.Ir/c2*24-23(25,26)15-11-9-14(10-12-15)20-13-27-21-18-7-3-1-5-16(18)17-6-2-4-8-19(17)22(21)28-20;1-10(2,3)8(12)7-9(13)11(4,5)6;/h2*1-6,8-13H;7,12H,1-6H3;/q2*-1;;/b;;8-7-;. The predicted molar refractivity (Wildman–Crippen MR) is 262 cm³/mol. The van der Waals surface area contributed by atoms with E-state index in [1.54, 1.807) is 12.4 Å². The molecule has 357 valence electrons. The molecule has 6 nitrogen and oxygen atoms in total. The molecule has 2 heterocycles. The van der Waals surface area contributed by atoms with Crippen LogP contribution in [0.2, 0.25) is 0 Å². The fourth-order valence-electron chi connectivity index (χ4n) is 7.58. The molecular formula is C57H44F6IrN4O2-2. The molecule has 0 bridgehead atoms. The molecular weight excluding hydrogens is 1080 g/mol. The Labute approximate surface area is 413 Å². The summed E-state index contributed by atoms with van der Waals surface area (Å²) in [5.74, 6) is 0.104. The van der Waals surface area contributed by atoms with Gasteiger partial charge in [0.25, 0.3) is 0 Å². The number of halogens is 6. The second kappa shape index (κ2) is 19.7. The van der Waals surface area contributed by atoms with Crippen LogP contribution in [0.5, 0.6) is 0 Å². The van der Waals surface area contributed by atoms with E-state index in [9.17, 15) is 36.2 Å². The van der Waals surface area contributed by atoms with E-state index in [-0.39, 0.29) is 37.1 Å². The van der Waals surface area contributed by atoms with E-state index in [4.69, 9.17) is 9.97 Å². The molecule has 13 heteroatoms. The van der Waals surface area contributed by atoms with Crippen LogP contribution in [0.3, 0.4) is 0 Å². The monoisotopic (exact) mass is 1120 g/mol. The van der Waals surface area contributed by atoms with E-state index in [0.717, 1.165) is 78.4 Å². The first kappa shape index (κ1) is 50.8. The van der Waals surface area contributed by atoms with Gasteiger partial charge in [-0.3, -0.25) is 14.8 Å². The van der Waals surface area contributed by atoms with Crippen LogP contribution < -0.4 is 0 Å². The van der Waals surface area contributed by atoms with Gasteiger partial charge in [0.15, 0.2) is 5.78 Å². The number of aliphatic hydroxyl groups is 1. The molecule has 8 aromatic carbocycles. The normalized spacial score (nSPS) is 12.4. The van der Waals surface area contributed by atoms with E-state index < -0.39 is 28.9 Å². The third-order valence-corrected chi connectivity index (χ3v) is 11.5. The number of alkyl halides is 6. The number of benzene rings is 8. The minimum Gasteiger partial charge on any atom is -0.512 e. The molecule has 0 spiro atoms. The van der Waals surface area contributed by atoms with Crippen LogP contribution in [0.1, 0.15) is 52.7 Å². The Morgan fingerprint density at radius 3 is 1.19 bits per heavy atom. The van der Waals surface area contributed by atoms with Crippen molar-refractivity contribution in [2.24, 2.45) is 10.8 Å². The molecule has 0 atom stereocenters. The Kier molecular flexibility index (Phi) is 14.3. The zero-order valence-corrected chi connectivity index (χ0v) is 41.1. The van der Waals surface area contributed by atoms with E-state index >= 15 is 0 Å². The maximum atomic E-state index is 12.8. The van der Waals surface area contributed by atoms with Gasteiger partial charge >= 0.3 is 12.4 Å². The van der Waals surface area contributed by atoms with Crippen molar-refractivity contribution in [1.29, 1.82) is 0 Å². The van der Waals surface area contributed by atoms with Crippen molar-refractivity contribution in [2.75, 3.05) is 0 Å². The van der Waals surface area contributed by atoms with Gasteiger partial charge in [-0.15, -0.1) is 59.3 Å². The molecule has 2 aromatic heterocycles. The summed E-state index contributed by atoms with van der Waals surface area (Å²) < 4.78 is 76.9. The largest absolute Gasteiger partial charge is 0.512 e. The minimum absolute atomic E-state index is 0. The van der Waals surface area contributed by atoms with E-state index in [1.807, 2.05) is 126 Å². The van der Waals surface area contributed by atoms with Gasteiger partial charge in [0.1, 0.15) is 5.76 Å². The smallest absolute Gasteiger partial charge is 0.416 e. The van der Waals surface area contributed by atoms with Crippen molar-refractivity contribution in [2.45, 2.75) is 53.9 Å². The molecule has 0 unspecified atom stereocenters. The number of carbonyl (C=O) groups is 1. The summed E-state index contributed by atoms with van der Waals surface area (Å²) in [5, 5.41) is 17.4. The summed E-state index contributed by atoms with van der Waals surface area (Å²) >= 11 is 0. The number of allylic oxidation sites excluding steroid dienone is 2. The van der Waals surface area contributed by atoms with Crippen molar-refractivity contribution in [1.82, 2.24) is 19.9 Å². The number of hydrogen-bond acceptors (Lipinski definition) is 6. The Bertz CT molecular complexity index is 3300. The average Bonchev–Trinajstić information content (AvgIpc) is 3.33. The fraction of sp³-hybridized carbons (Fsp3) is 0.175. The fourth-order valence-corrected chi connectivity index (χ4v) is 7.58. The number of hydrogen-bond donors (Lipinski definition) is 1. The molecule has 1 N–H and O–H groups in total. The first-order valence-corrected chi connectivity index (χ1v) is 21.9. The third-order valence-electron chi connectivity index (χ3n) is 11.5. The zero-order chi connectivity index (χ0) is 49.5. The first-order valence-electron chi connectivity index (χ1n) is 21.9. The summed E-state index contributed by atoms with van der Waals surface area (Å²) in [5.41, 5.74) is 2.98. The molecule has 0 aliphatic carbocycles. The van der Waals surface area contributed by atoms with Gasteiger partial charge in [0.2, 0.25) is 0 Å². The van der Waals surface area contributed by atoms with Crippen LogP contribution in [0.15, 0.2) is 158 Å². The van der Waals surface area contributed by atoms with Gasteiger partial charge in [-0.2, -0.15) is 26.3 Å². The number of fused-ring (bicyclic) bond motifs is 12. The number of aliphatic hydroxyl groups excluding tert-OH is 1. The van der Waals surface area contributed by atoms with Crippen LogP contribution >= 0.6 is 0 Å². The first-order chi connectivity index (χ1) is 32.6. The van der Waals surface area contributed by atoms with Crippen molar-refractivity contribution in [3.63, 3.8) is 0 Å². The summed E-state index contributed by atoms with van der Waals surface area (Å²) in [6.07, 6.45) is -4.20. The second-order valence-corrected chi connectivity index (χ2v) is 18.5. The third kappa shape index (κ3) is 10.7. The van der Waals surface area contributed by atoms with Crippen LogP contribution in [0.4, 0.5) is 26.3 Å². The molecule has 1 radical (unpaired) electrons. The summed E-state index contributed by atoms with van der Waals surface area (Å²) in [7, 11) is 0. The van der Waals surface area contributed by atoms with Gasteiger partial charge < -0.3 is 15.1 Å². The molecule has 0 saturated heterocycles. The molecule has 0 aliphatic rings. The van der Waals surface area contributed by atoms with E-state index in [1.165, 1.54) is 30.3 Å². The number of carbonyl (C=O) groups excluding carboxylic acids is 1. The Morgan fingerprint density at radius 1 is 0.486 bits per heavy atom. The van der Waals surface area contributed by atoms with Crippen molar-refractivity contribution in [3.05, 3.63) is 181 Å². The summed E-state index contributed by atoms with van der Waals surface area (Å²) in [6, 6.07) is 43.8. The predicted octanol–water partition coefficient (Wildman–Crippen LogP) is 15.9. The Hall–Kier alpha value is -7.08. The quantitative estimate of drug-likeness (QED) is 0.0623. The Balaban J connectivity index is 0.000000165. The van der Waals surface area contributed by atoms with Crippen LogP contribution in [0, 0.1) is 23.0 Å². The minimum atomic E-state index is -4.36. The van der Waals surface area contributed by atoms with E-state index in [2.05, 4.69) is 22.1 Å². The van der Waals surface area contributed by atoms with Gasteiger partial charge in [0, 0.05) is 71.6 Å². The van der Waals surface area contributed by atoms with Gasteiger partial charge in [-0.25, -0.2) is 0 Å². The molecule has 70 heavy (non-hydrogen) atoms.